The van der Waals surface area contributed by atoms with Crippen molar-refractivity contribution in [3.8, 4) is 0 Å². The fraction of sp³-hybridized carbons (Fsp3) is 0.632. The van der Waals surface area contributed by atoms with E-state index < -0.39 is 6.04 Å². The molecule has 0 radical (unpaired) electrons. The van der Waals surface area contributed by atoms with Gasteiger partial charge < -0.3 is 10.6 Å². The molecule has 0 aliphatic carbocycles. The molecule has 2 fully saturated rings. The summed E-state index contributed by atoms with van der Waals surface area (Å²) >= 11 is 0. The molecule has 2 heterocycles. The number of nitrogens with one attached hydrogen (secondary N) is 1. The maximum Gasteiger partial charge on any atom is 0.255 e. The number of rotatable bonds is 4. The predicted molar refractivity (Wildman–Crippen MR) is 96.0 cm³/mol. The van der Waals surface area contributed by atoms with E-state index in [-0.39, 0.29) is 5.91 Å². The summed E-state index contributed by atoms with van der Waals surface area (Å²) in [4.78, 5) is 14.8. The summed E-state index contributed by atoms with van der Waals surface area (Å²) in [6, 6.07) is 8.96. The van der Waals surface area contributed by atoms with Crippen LogP contribution in [0.1, 0.15) is 37.3 Å². The highest BCUT2D eigenvalue weighted by Crippen LogP contribution is 2.31. The van der Waals surface area contributed by atoms with E-state index in [1.54, 1.807) is 0 Å². The van der Waals surface area contributed by atoms with Crippen LogP contribution in [0.5, 0.6) is 0 Å². The Hall–Kier alpha value is -1.43. The minimum Gasteiger partial charge on any atom is -0.316 e. The second kappa shape index (κ2) is 8.10. The number of likely N-dealkylation sites (tertiary alicyclic amines) is 1. The van der Waals surface area contributed by atoms with Crippen molar-refractivity contribution in [2.45, 2.75) is 31.7 Å². The molecule has 5 heteroatoms. The Morgan fingerprint density at radius 2 is 1.58 bits per heavy atom. The van der Waals surface area contributed by atoms with Gasteiger partial charge in [0, 0.05) is 13.1 Å². The van der Waals surface area contributed by atoms with Crippen LogP contribution in [-0.2, 0) is 4.79 Å². The first-order valence-corrected chi connectivity index (χ1v) is 9.18. The standard InChI is InChI=1S/C19H30N4O/c1-22-11-7-15(8-12-22)16-9-13-23(14-10-16)21-19(24)18(20)17-5-3-2-4-6-17/h2-6,15-16,18H,7-14,20H2,1H3,(H,21,24)/t18-/m1/s1. The van der Waals surface area contributed by atoms with Gasteiger partial charge >= 0.3 is 0 Å². The van der Waals surface area contributed by atoms with Crippen molar-refractivity contribution in [3.63, 3.8) is 0 Å². The molecule has 3 rings (SSSR count). The zero-order chi connectivity index (χ0) is 16.9. The van der Waals surface area contributed by atoms with Gasteiger partial charge in [0.05, 0.1) is 0 Å². The van der Waals surface area contributed by atoms with Gasteiger partial charge in [-0.15, -0.1) is 0 Å². The number of carbonyl (C=O) groups is 1. The lowest BCUT2D eigenvalue weighted by molar-refractivity contribution is -0.128. The van der Waals surface area contributed by atoms with Crippen LogP contribution in [0.4, 0.5) is 0 Å². The largest absolute Gasteiger partial charge is 0.316 e. The molecule has 0 spiro atoms. The Bertz CT molecular complexity index is 519. The SMILES string of the molecule is CN1CCC(C2CCN(NC(=O)[C@H](N)c3ccccc3)CC2)CC1. The Morgan fingerprint density at radius 1 is 1.04 bits per heavy atom. The number of piperidine rings is 2. The molecule has 0 unspecified atom stereocenters. The smallest absolute Gasteiger partial charge is 0.255 e. The minimum absolute atomic E-state index is 0.112. The molecule has 5 nitrogen and oxygen atoms in total. The molecule has 0 bridgehead atoms. The van der Waals surface area contributed by atoms with Crippen molar-refractivity contribution in [1.29, 1.82) is 0 Å². The van der Waals surface area contributed by atoms with Crippen LogP contribution in [-0.4, -0.2) is 49.0 Å². The Kier molecular flexibility index (Phi) is 5.87. The lowest BCUT2D eigenvalue weighted by atomic mass is 9.79. The maximum atomic E-state index is 12.3. The third kappa shape index (κ3) is 4.35. The molecule has 1 amide bonds. The van der Waals surface area contributed by atoms with E-state index in [1.165, 1.54) is 38.8 Å². The Labute approximate surface area is 145 Å². The number of nitrogens with two attached hydrogens (primary N) is 1. The number of hydrazine groups is 1. The van der Waals surface area contributed by atoms with Crippen molar-refractivity contribution < 1.29 is 4.79 Å². The monoisotopic (exact) mass is 330 g/mol. The molecule has 1 atom stereocenters. The van der Waals surface area contributed by atoms with Crippen LogP contribution in [0.25, 0.3) is 0 Å². The molecule has 3 N–H and O–H groups in total. The van der Waals surface area contributed by atoms with Crippen LogP contribution in [0, 0.1) is 11.8 Å². The topological polar surface area (TPSA) is 61.6 Å². The molecule has 1 aromatic carbocycles. The van der Waals surface area contributed by atoms with E-state index in [0.29, 0.717) is 0 Å². The summed E-state index contributed by atoms with van der Waals surface area (Å²) in [7, 11) is 2.21. The van der Waals surface area contributed by atoms with E-state index in [0.717, 1.165) is 30.5 Å². The Balaban J connectivity index is 1.44. The fourth-order valence-corrected chi connectivity index (χ4v) is 4.02. The summed E-state index contributed by atoms with van der Waals surface area (Å²) in [6.45, 7) is 4.33. The molecule has 0 aromatic heterocycles. The first kappa shape index (κ1) is 17.4. The number of carbonyl (C=O) groups excluding carboxylic acids is 1. The zero-order valence-corrected chi connectivity index (χ0v) is 14.7. The van der Waals surface area contributed by atoms with E-state index in [1.807, 2.05) is 30.3 Å². The summed E-state index contributed by atoms with van der Waals surface area (Å²) in [5.41, 5.74) is 9.94. The first-order chi connectivity index (χ1) is 11.6. The van der Waals surface area contributed by atoms with Gasteiger partial charge in [-0.1, -0.05) is 30.3 Å². The molecule has 24 heavy (non-hydrogen) atoms. The minimum atomic E-state index is -0.599. The second-order valence-corrected chi connectivity index (χ2v) is 7.33. The highest BCUT2D eigenvalue weighted by molar-refractivity contribution is 5.82. The average Bonchev–Trinajstić information content (AvgIpc) is 2.63. The Morgan fingerprint density at radius 3 is 2.17 bits per heavy atom. The lowest BCUT2D eigenvalue weighted by Gasteiger charge is -2.39. The van der Waals surface area contributed by atoms with Crippen LogP contribution in [0.15, 0.2) is 30.3 Å². The van der Waals surface area contributed by atoms with Crippen LogP contribution >= 0.6 is 0 Å². The number of benzene rings is 1. The third-order valence-corrected chi connectivity index (χ3v) is 5.68. The molecule has 0 saturated carbocycles. The van der Waals surface area contributed by atoms with Gasteiger partial charge in [0.15, 0.2) is 0 Å². The number of amides is 1. The molecule has 2 aliphatic heterocycles. The first-order valence-electron chi connectivity index (χ1n) is 9.18. The van der Waals surface area contributed by atoms with Crippen molar-refractivity contribution in [2.24, 2.45) is 17.6 Å². The van der Waals surface area contributed by atoms with Crippen molar-refractivity contribution in [2.75, 3.05) is 33.2 Å². The van der Waals surface area contributed by atoms with E-state index in [4.69, 9.17) is 5.73 Å². The summed E-state index contributed by atoms with van der Waals surface area (Å²) in [5.74, 6) is 1.57. The second-order valence-electron chi connectivity index (χ2n) is 7.33. The van der Waals surface area contributed by atoms with Crippen molar-refractivity contribution >= 4 is 5.91 Å². The summed E-state index contributed by atoms with van der Waals surface area (Å²) < 4.78 is 0. The van der Waals surface area contributed by atoms with E-state index in [9.17, 15) is 4.79 Å². The van der Waals surface area contributed by atoms with Gasteiger partial charge in [-0.3, -0.25) is 10.2 Å². The highest BCUT2D eigenvalue weighted by Gasteiger charge is 2.29. The van der Waals surface area contributed by atoms with Crippen LogP contribution in [0.3, 0.4) is 0 Å². The number of hydrogen-bond donors (Lipinski definition) is 2. The number of nitrogens with zero attached hydrogens (tertiary/aromatic N) is 2. The highest BCUT2D eigenvalue weighted by atomic mass is 16.2. The zero-order valence-electron chi connectivity index (χ0n) is 14.7. The lowest BCUT2D eigenvalue weighted by Crippen LogP contribution is -2.50. The molecular weight excluding hydrogens is 300 g/mol. The molecule has 2 aliphatic rings. The van der Waals surface area contributed by atoms with Gasteiger partial charge in [0.1, 0.15) is 6.04 Å². The normalized spacial score (nSPS) is 23.1. The summed E-state index contributed by atoms with van der Waals surface area (Å²) in [6.07, 6.45) is 5.00. The van der Waals surface area contributed by atoms with Gasteiger partial charge in [0.25, 0.3) is 5.91 Å². The van der Waals surface area contributed by atoms with E-state index in [2.05, 4.69) is 22.4 Å². The molecule has 2 saturated heterocycles. The van der Waals surface area contributed by atoms with Crippen molar-refractivity contribution in [1.82, 2.24) is 15.3 Å². The predicted octanol–water partition coefficient (Wildman–Crippen LogP) is 1.77. The average molecular weight is 330 g/mol. The fourth-order valence-electron chi connectivity index (χ4n) is 4.02. The quantitative estimate of drug-likeness (QED) is 0.883. The van der Waals surface area contributed by atoms with Crippen LogP contribution in [0.2, 0.25) is 0 Å². The third-order valence-electron chi connectivity index (χ3n) is 5.68. The molecule has 1 aromatic rings. The van der Waals surface area contributed by atoms with Gasteiger partial charge in [-0.2, -0.15) is 0 Å². The summed E-state index contributed by atoms with van der Waals surface area (Å²) in [5, 5.41) is 2.05. The van der Waals surface area contributed by atoms with Crippen LogP contribution < -0.4 is 11.2 Å². The van der Waals surface area contributed by atoms with E-state index >= 15 is 0 Å². The maximum absolute atomic E-state index is 12.3. The van der Waals surface area contributed by atoms with Crippen molar-refractivity contribution in [3.05, 3.63) is 35.9 Å². The molecular formula is C19H30N4O. The molecule has 132 valence electrons. The van der Waals surface area contributed by atoms with Gasteiger partial charge in [-0.05, 0) is 63.2 Å². The van der Waals surface area contributed by atoms with Gasteiger partial charge in [-0.25, -0.2) is 5.01 Å². The number of hydrogen-bond acceptors (Lipinski definition) is 4. The van der Waals surface area contributed by atoms with Gasteiger partial charge in [0.2, 0.25) is 0 Å².